The number of aromatic nitrogens is 4. The Morgan fingerprint density at radius 2 is 2.32 bits per heavy atom. The van der Waals surface area contributed by atoms with Gasteiger partial charge in [0.1, 0.15) is 11.9 Å². The molecule has 3 rings (SSSR count). The highest BCUT2D eigenvalue weighted by molar-refractivity contribution is 5.95. The van der Waals surface area contributed by atoms with Crippen LogP contribution in [0.3, 0.4) is 0 Å². The molecule has 1 N–H and O–H groups in total. The quantitative estimate of drug-likeness (QED) is 0.931. The highest BCUT2D eigenvalue weighted by Gasteiger charge is 2.32. The molecule has 3 heterocycles. The van der Waals surface area contributed by atoms with E-state index in [1.165, 1.54) is 0 Å². The molecule has 0 spiro atoms. The lowest BCUT2D eigenvalue weighted by molar-refractivity contribution is -0.00505. The van der Waals surface area contributed by atoms with Gasteiger partial charge in [0.05, 0.1) is 24.5 Å². The van der Waals surface area contributed by atoms with E-state index in [-0.39, 0.29) is 11.9 Å². The van der Waals surface area contributed by atoms with Crippen LogP contribution in [-0.4, -0.2) is 50.3 Å². The van der Waals surface area contributed by atoms with E-state index in [1.54, 1.807) is 10.9 Å². The van der Waals surface area contributed by atoms with Crippen molar-refractivity contribution in [2.45, 2.75) is 33.4 Å². The Kier molecular flexibility index (Phi) is 3.98. The molecule has 2 aromatic heterocycles. The average Bonchev–Trinajstić information content (AvgIpc) is 3.12. The molecule has 2 aromatic rings. The first-order valence-electron chi connectivity index (χ1n) is 7.54. The number of rotatable bonds is 3. The molecule has 0 bridgehead atoms. The van der Waals surface area contributed by atoms with Crippen molar-refractivity contribution < 1.29 is 9.53 Å². The molecule has 118 valence electrons. The van der Waals surface area contributed by atoms with Crippen molar-refractivity contribution in [2.75, 3.05) is 19.8 Å². The van der Waals surface area contributed by atoms with Gasteiger partial charge in [0, 0.05) is 31.2 Å². The van der Waals surface area contributed by atoms with E-state index >= 15 is 0 Å². The Hall–Kier alpha value is -2.15. The predicted octanol–water partition coefficient (Wildman–Crippen LogP) is 1.46. The molecular weight excluding hydrogens is 282 g/mol. The lowest BCUT2D eigenvalue weighted by Gasteiger charge is -2.34. The summed E-state index contributed by atoms with van der Waals surface area (Å²) >= 11 is 0. The molecule has 0 radical (unpaired) electrons. The zero-order chi connectivity index (χ0) is 15.7. The molecule has 1 aliphatic heterocycles. The molecular formula is C15H21N5O2. The third kappa shape index (κ3) is 2.64. The topological polar surface area (TPSA) is 76.0 Å². The number of H-pyrrole nitrogens is 1. The average molecular weight is 303 g/mol. The van der Waals surface area contributed by atoms with Gasteiger partial charge in [0.25, 0.3) is 5.91 Å². The summed E-state index contributed by atoms with van der Waals surface area (Å²) in [6.07, 6.45) is 3.59. The maximum absolute atomic E-state index is 12.9. The number of aromatic amines is 1. The number of aryl methyl sites for hydroxylation is 3. The van der Waals surface area contributed by atoms with Gasteiger partial charge in [0.15, 0.2) is 0 Å². The minimum Gasteiger partial charge on any atom is -0.377 e. The van der Waals surface area contributed by atoms with E-state index in [2.05, 4.69) is 15.1 Å². The predicted molar refractivity (Wildman–Crippen MR) is 80.6 cm³/mol. The largest absolute Gasteiger partial charge is 0.377 e. The summed E-state index contributed by atoms with van der Waals surface area (Å²) in [7, 11) is 0. The Bertz CT molecular complexity index is 675. The Morgan fingerprint density at radius 1 is 1.50 bits per heavy atom. The molecule has 1 amide bonds. The second-order valence-corrected chi connectivity index (χ2v) is 5.52. The molecule has 0 unspecified atom stereocenters. The molecule has 0 aromatic carbocycles. The second-order valence-electron chi connectivity index (χ2n) is 5.52. The summed E-state index contributed by atoms with van der Waals surface area (Å²) in [5, 5.41) is 4.36. The fraction of sp³-hybridized carbons (Fsp3) is 0.533. The minimum atomic E-state index is -0.181. The van der Waals surface area contributed by atoms with Gasteiger partial charge in [-0.05, 0) is 20.8 Å². The molecule has 1 atom stereocenters. The number of amides is 1. The van der Waals surface area contributed by atoms with E-state index in [9.17, 15) is 4.79 Å². The summed E-state index contributed by atoms with van der Waals surface area (Å²) in [4.78, 5) is 22.3. The fourth-order valence-corrected chi connectivity index (χ4v) is 2.72. The first-order valence-corrected chi connectivity index (χ1v) is 7.54. The van der Waals surface area contributed by atoms with Crippen LogP contribution in [-0.2, 0) is 11.3 Å². The van der Waals surface area contributed by atoms with Gasteiger partial charge in [-0.2, -0.15) is 5.10 Å². The first-order chi connectivity index (χ1) is 10.6. The van der Waals surface area contributed by atoms with Crippen molar-refractivity contribution >= 4 is 5.91 Å². The zero-order valence-electron chi connectivity index (χ0n) is 13.2. The minimum absolute atomic E-state index is 0.0143. The smallest absolute Gasteiger partial charge is 0.258 e. The van der Waals surface area contributed by atoms with Crippen LogP contribution in [0.5, 0.6) is 0 Å². The van der Waals surface area contributed by atoms with Gasteiger partial charge >= 0.3 is 0 Å². The number of hydrogen-bond donors (Lipinski definition) is 1. The van der Waals surface area contributed by atoms with Gasteiger partial charge < -0.3 is 14.6 Å². The van der Waals surface area contributed by atoms with Crippen molar-refractivity contribution in [1.29, 1.82) is 0 Å². The number of ether oxygens (including phenoxy) is 1. The van der Waals surface area contributed by atoms with Crippen LogP contribution in [0.1, 0.15) is 40.5 Å². The Morgan fingerprint density at radius 3 is 2.95 bits per heavy atom. The zero-order valence-corrected chi connectivity index (χ0v) is 13.2. The van der Waals surface area contributed by atoms with Crippen LogP contribution in [0, 0.1) is 13.8 Å². The fourth-order valence-electron chi connectivity index (χ4n) is 2.72. The van der Waals surface area contributed by atoms with Gasteiger partial charge in [-0.25, -0.2) is 4.98 Å². The number of nitrogens with zero attached hydrogens (tertiary/aromatic N) is 4. The number of carbonyl (C=O) groups excluding carboxylic acids is 1. The summed E-state index contributed by atoms with van der Waals surface area (Å²) in [5.41, 5.74) is 2.38. The lowest BCUT2D eigenvalue weighted by atomic mass is 10.1. The van der Waals surface area contributed by atoms with Crippen molar-refractivity contribution in [3.63, 3.8) is 0 Å². The summed E-state index contributed by atoms with van der Waals surface area (Å²) in [5.74, 6) is 0.755. The van der Waals surface area contributed by atoms with Gasteiger partial charge in [-0.1, -0.05) is 0 Å². The molecule has 22 heavy (non-hydrogen) atoms. The third-order valence-corrected chi connectivity index (χ3v) is 3.93. The van der Waals surface area contributed by atoms with E-state index in [0.29, 0.717) is 25.3 Å². The number of carbonyl (C=O) groups is 1. The van der Waals surface area contributed by atoms with E-state index < -0.39 is 0 Å². The van der Waals surface area contributed by atoms with E-state index in [1.807, 2.05) is 31.9 Å². The normalized spacial score (nSPS) is 18.7. The second kappa shape index (κ2) is 5.92. The lowest BCUT2D eigenvalue weighted by Crippen LogP contribution is -2.44. The van der Waals surface area contributed by atoms with E-state index in [0.717, 1.165) is 23.8 Å². The van der Waals surface area contributed by atoms with Crippen molar-refractivity contribution in [3.8, 4) is 0 Å². The maximum Gasteiger partial charge on any atom is 0.258 e. The SMILES string of the molecule is CCn1cc(C(=O)N2CCOC[C@@H]2c2ncc(C)[nH]2)c(C)n1. The number of imidazole rings is 1. The monoisotopic (exact) mass is 303 g/mol. The summed E-state index contributed by atoms with van der Waals surface area (Å²) < 4.78 is 7.33. The highest BCUT2D eigenvalue weighted by Crippen LogP contribution is 2.24. The number of morpholine rings is 1. The van der Waals surface area contributed by atoms with Crippen molar-refractivity contribution in [3.05, 3.63) is 35.2 Å². The third-order valence-electron chi connectivity index (χ3n) is 3.93. The molecule has 7 nitrogen and oxygen atoms in total. The van der Waals surface area contributed by atoms with Crippen LogP contribution < -0.4 is 0 Å². The molecule has 1 saturated heterocycles. The standard InChI is InChI=1S/C15H21N5O2/c1-4-19-8-12(11(3)18-19)15(21)20-5-6-22-9-13(20)14-16-7-10(2)17-14/h7-8,13H,4-6,9H2,1-3H3,(H,16,17)/t13-/m1/s1. The molecule has 1 fully saturated rings. The molecule has 7 heteroatoms. The van der Waals surface area contributed by atoms with Crippen LogP contribution >= 0.6 is 0 Å². The van der Waals surface area contributed by atoms with E-state index in [4.69, 9.17) is 4.74 Å². The Balaban J connectivity index is 1.89. The molecule has 1 aliphatic rings. The molecule has 0 aliphatic carbocycles. The van der Waals surface area contributed by atoms with Crippen molar-refractivity contribution in [2.24, 2.45) is 0 Å². The first kappa shape index (κ1) is 14.8. The summed E-state index contributed by atoms with van der Waals surface area (Å²) in [6.45, 7) is 8.12. The summed E-state index contributed by atoms with van der Waals surface area (Å²) in [6, 6.07) is -0.181. The molecule has 0 saturated carbocycles. The van der Waals surface area contributed by atoms with Crippen LogP contribution in [0.15, 0.2) is 12.4 Å². The van der Waals surface area contributed by atoms with Gasteiger partial charge in [-0.3, -0.25) is 9.48 Å². The number of nitrogens with one attached hydrogen (secondary N) is 1. The van der Waals surface area contributed by atoms with Crippen molar-refractivity contribution in [1.82, 2.24) is 24.6 Å². The Labute approximate surface area is 129 Å². The van der Waals surface area contributed by atoms with Crippen LogP contribution in [0.4, 0.5) is 0 Å². The van der Waals surface area contributed by atoms with Gasteiger partial charge in [-0.15, -0.1) is 0 Å². The number of hydrogen-bond acceptors (Lipinski definition) is 4. The highest BCUT2D eigenvalue weighted by atomic mass is 16.5. The van der Waals surface area contributed by atoms with Crippen LogP contribution in [0.25, 0.3) is 0 Å². The van der Waals surface area contributed by atoms with Gasteiger partial charge in [0.2, 0.25) is 0 Å². The maximum atomic E-state index is 12.9. The van der Waals surface area contributed by atoms with Crippen LogP contribution in [0.2, 0.25) is 0 Å².